The van der Waals surface area contributed by atoms with Gasteiger partial charge in [-0.1, -0.05) is 36.4 Å². The zero-order valence-electron chi connectivity index (χ0n) is 7.98. The lowest BCUT2D eigenvalue weighted by atomic mass is 10.1. The number of hydrogen-bond acceptors (Lipinski definition) is 1. The van der Waals surface area contributed by atoms with E-state index in [2.05, 4.69) is 53.8 Å². The van der Waals surface area contributed by atoms with Crippen molar-refractivity contribution in [2.24, 2.45) is 0 Å². The van der Waals surface area contributed by atoms with E-state index in [0.29, 0.717) is 0 Å². The highest BCUT2D eigenvalue weighted by Crippen LogP contribution is 2.29. The van der Waals surface area contributed by atoms with Crippen molar-refractivity contribution in [1.29, 1.82) is 0 Å². The van der Waals surface area contributed by atoms with E-state index < -0.39 is 0 Å². The Morgan fingerprint density at radius 3 is 2.43 bits per heavy atom. The van der Waals surface area contributed by atoms with E-state index in [-0.39, 0.29) is 0 Å². The van der Waals surface area contributed by atoms with Crippen LogP contribution in [0.25, 0.3) is 10.8 Å². The van der Waals surface area contributed by atoms with Gasteiger partial charge in [0, 0.05) is 30.6 Å². The second-order valence-corrected chi connectivity index (χ2v) is 3.69. The van der Waals surface area contributed by atoms with E-state index in [9.17, 15) is 0 Å². The molecule has 3 rings (SSSR count). The lowest BCUT2D eigenvalue weighted by molar-refractivity contribution is 0.767. The minimum atomic E-state index is 1.09. The van der Waals surface area contributed by atoms with Gasteiger partial charge in [0.25, 0.3) is 0 Å². The summed E-state index contributed by atoms with van der Waals surface area (Å²) in [5.41, 5.74) is 1.37. The van der Waals surface area contributed by atoms with Crippen LogP contribution in [0.4, 0.5) is 5.69 Å². The topological polar surface area (TPSA) is 3.24 Å². The number of benzene rings is 2. The van der Waals surface area contributed by atoms with E-state index in [1.54, 1.807) is 0 Å². The summed E-state index contributed by atoms with van der Waals surface area (Å²) < 4.78 is 0. The maximum atomic E-state index is 2.39. The van der Waals surface area contributed by atoms with Gasteiger partial charge in [0.15, 0.2) is 0 Å². The van der Waals surface area contributed by atoms with Crippen molar-refractivity contribution in [3.63, 3.8) is 0 Å². The van der Waals surface area contributed by atoms with Crippen molar-refractivity contribution in [2.75, 3.05) is 18.0 Å². The van der Waals surface area contributed by atoms with Gasteiger partial charge >= 0.3 is 0 Å². The Bertz CT molecular complexity index is 452. The molecule has 0 amide bonds. The maximum Gasteiger partial charge on any atom is 0.0446 e. The summed E-state index contributed by atoms with van der Waals surface area (Å²) in [6, 6.07) is 15.1. The summed E-state index contributed by atoms with van der Waals surface area (Å²) in [7, 11) is 0. The molecular weight excluding hydrogens is 170 g/mol. The molecule has 0 aliphatic carbocycles. The summed E-state index contributed by atoms with van der Waals surface area (Å²) in [6.45, 7) is 2.18. The fraction of sp³-hybridized carbons (Fsp3) is 0.154. The first-order valence-corrected chi connectivity index (χ1v) is 4.99. The fourth-order valence-electron chi connectivity index (χ4n) is 1.94. The van der Waals surface area contributed by atoms with Crippen molar-refractivity contribution in [3.05, 3.63) is 48.9 Å². The number of fused-ring (bicyclic) bond motifs is 1. The summed E-state index contributed by atoms with van der Waals surface area (Å²) >= 11 is 0. The summed E-state index contributed by atoms with van der Waals surface area (Å²) in [5, 5.41) is 2.69. The summed E-state index contributed by atoms with van der Waals surface area (Å²) in [4.78, 5) is 2.39. The van der Waals surface area contributed by atoms with Crippen LogP contribution in [0, 0.1) is 6.42 Å². The van der Waals surface area contributed by atoms with Gasteiger partial charge in [-0.3, -0.25) is 0 Å². The molecule has 0 bridgehead atoms. The minimum absolute atomic E-state index is 1.09. The molecule has 1 aliphatic heterocycles. The average Bonchev–Trinajstić information content (AvgIpc) is 2.16. The first-order valence-electron chi connectivity index (χ1n) is 4.99. The van der Waals surface area contributed by atoms with Crippen LogP contribution in [0.3, 0.4) is 0 Å². The average molecular weight is 182 g/mol. The summed E-state index contributed by atoms with van der Waals surface area (Å²) in [5.74, 6) is 0. The van der Waals surface area contributed by atoms with Crippen LogP contribution in [0.2, 0.25) is 0 Å². The third kappa shape index (κ3) is 1.09. The van der Waals surface area contributed by atoms with Crippen molar-refractivity contribution < 1.29 is 0 Å². The van der Waals surface area contributed by atoms with Crippen LogP contribution < -0.4 is 4.90 Å². The molecule has 0 spiro atoms. The third-order valence-corrected chi connectivity index (χ3v) is 2.81. The van der Waals surface area contributed by atoms with Gasteiger partial charge in [-0.25, -0.2) is 0 Å². The van der Waals surface area contributed by atoms with E-state index in [1.807, 2.05) is 0 Å². The molecule has 2 aromatic rings. The highest BCUT2D eigenvalue weighted by molar-refractivity contribution is 5.94. The number of rotatable bonds is 1. The van der Waals surface area contributed by atoms with Gasteiger partial charge in [-0.05, 0) is 11.5 Å². The van der Waals surface area contributed by atoms with Crippen molar-refractivity contribution in [3.8, 4) is 0 Å². The molecule has 1 heteroatoms. The second-order valence-electron chi connectivity index (χ2n) is 3.69. The van der Waals surface area contributed by atoms with E-state index in [4.69, 9.17) is 0 Å². The first-order chi connectivity index (χ1) is 6.95. The number of anilines is 1. The molecule has 1 heterocycles. The highest BCUT2D eigenvalue weighted by Gasteiger charge is 2.16. The van der Waals surface area contributed by atoms with Gasteiger partial charge in [0.2, 0.25) is 0 Å². The third-order valence-electron chi connectivity index (χ3n) is 2.81. The van der Waals surface area contributed by atoms with Crippen molar-refractivity contribution >= 4 is 16.5 Å². The van der Waals surface area contributed by atoms with Gasteiger partial charge in [0.1, 0.15) is 0 Å². The molecule has 0 atom stereocenters. The van der Waals surface area contributed by atoms with Crippen LogP contribution in [0.5, 0.6) is 0 Å². The fourth-order valence-corrected chi connectivity index (χ4v) is 1.94. The molecule has 1 saturated heterocycles. The number of hydrogen-bond donors (Lipinski definition) is 0. The van der Waals surface area contributed by atoms with Gasteiger partial charge in [-0.2, -0.15) is 0 Å². The smallest absolute Gasteiger partial charge is 0.0446 e. The molecule has 0 aromatic heterocycles. The van der Waals surface area contributed by atoms with Crippen LogP contribution in [0.15, 0.2) is 42.5 Å². The molecule has 1 aliphatic rings. The first kappa shape index (κ1) is 7.86. The normalized spacial score (nSPS) is 15.6. The molecule has 0 unspecified atom stereocenters. The predicted octanol–water partition coefficient (Wildman–Crippen LogP) is 2.86. The quantitative estimate of drug-likeness (QED) is 0.655. The molecule has 0 saturated carbocycles. The van der Waals surface area contributed by atoms with E-state index >= 15 is 0 Å². The molecule has 2 aromatic carbocycles. The maximum absolute atomic E-state index is 2.39. The van der Waals surface area contributed by atoms with E-state index in [0.717, 1.165) is 13.1 Å². The monoisotopic (exact) mass is 182 g/mol. The Morgan fingerprint density at radius 1 is 0.857 bits per heavy atom. The van der Waals surface area contributed by atoms with Crippen molar-refractivity contribution in [2.45, 2.75) is 0 Å². The number of nitrogens with zero attached hydrogens (tertiary/aromatic N) is 1. The lowest BCUT2D eigenvalue weighted by Crippen LogP contribution is -2.37. The summed E-state index contributed by atoms with van der Waals surface area (Å²) in [6.07, 6.45) is 2.29. The molecule has 0 N–H and O–H groups in total. The zero-order valence-corrected chi connectivity index (χ0v) is 7.98. The highest BCUT2D eigenvalue weighted by atomic mass is 15.2. The van der Waals surface area contributed by atoms with Gasteiger partial charge in [-0.15, -0.1) is 0 Å². The SMILES string of the molecule is [CH]1CN(c2cccc3ccccc23)C1. The Hall–Kier alpha value is -1.50. The largest absolute Gasteiger partial charge is 0.370 e. The molecule has 1 nitrogen and oxygen atoms in total. The predicted molar refractivity (Wildman–Crippen MR) is 60.5 cm³/mol. The standard InChI is InChI=1S/C13H12N/c1-2-7-12-11(5-1)6-3-8-13(12)14-9-4-10-14/h1-8H,9-10H2. The Labute approximate surface area is 84.0 Å². The lowest BCUT2D eigenvalue weighted by Gasteiger charge is -2.33. The van der Waals surface area contributed by atoms with Crippen LogP contribution >= 0.6 is 0 Å². The minimum Gasteiger partial charge on any atom is -0.370 e. The van der Waals surface area contributed by atoms with E-state index in [1.165, 1.54) is 16.5 Å². The molecule has 69 valence electrons. The van der Waals surface area contributed by atoms with Gasteiger partial charge < -0.3 is 4.90 Å². The zero-order chi connectivity index (χ0) is 9.38. The Morgan fingerprint density at radius 2 is 1.64 bits per heavy atom. The molecule has 1 fully saturated rings. The van der Waals surface area contributed by atoms with Crippen LogP contribution in [-0.4, -0.2) is 13.1 Å². The Balaban J connectivity index is 2.22. The van der Waals surface area contributed by atoms with Crippen LogP contribution in [-0.2, 0) is 0 Å². The van der Waals surface area contributed by atoms with Crippen molar-refractivity contribution in [1.82, 2.24) is 0 Å². The van der Waals surface area contributed by atoms with Gasteiger partial charge in [0.05, 0.1) is 0 Å². The van der Waals surface area contributed by atoms with Crippen LogP contribution in [0.1, 0.15) is 0 Å². The molecule has 14 heavy (non-hydrogen) atoms. The molecule has 1 radical (unpaired) electrons. The second kappa shape index (κ2) is 3.02. The Kier molecular flexibility index (Phi) is 1.69. The molecular formula is C13H12N.